The van der Waals surface area contributed by atoms with Crippen LogP contribution in [0.15, 0.2) is 29.4 Å². The van der Waals surface area contributed by atoms with Crippen molar-refractivity contribution < 1.29 is 10.0 Å². The number of anilines is 1. The van der Waals surface area contributed by atoms with Gasteiger partial charge in [0.1, 0.15) is 5.41 Å². The van der Waals surface area contributed by atoms with Crippen LogP contribution >= 0.6 is 0 Å². The van der Waals surface area contributed by atoms with Crippen molar-refractivity contribution in [2.24, 2.45) is 16.3 Å². The van der Waals surface area contributed by atoms with Crippen LogP contribution in [0.25, 0.3) is 0 Å². The first-order valence-corrected chi connectivity index (χ1v) is 6.87. The molecule has 1 aromatic rings. The molecule has 1 amide bonds. The molecule has 20 heavy (non-hydrogen) atoms. The molecular formula is C15H23N3O2. The fourth-order valence-electron chi connectivity index (χ4n) is 1.96. The van der Waals surface area contributed by atoms with Gasteiger partial charge in [-0.1, -0.05) is 43.6 Å². The van der Waals surface area contributed by atoms with Gasteiger partial charge >= 0.3 is 0 Å². The summed E-state index contributed by atoms with van der Waals surface area (Å²) in [4.78, 5) is 12.4. The van der Waals surface area contributed by atoms with Gasteiger partial charge in [-0.3, -0.25) is 4.79 Å². The van der Waals surface area contributed by atoms with Crippen molar-refractivity contribution in [1.29, 1.82) is 0 Å². The lowest BCUT2D eigenvalue weighted by molar-refractivity contribution is -0.121. The van der Waals surface area contributed by atoms with E-state index in [-0.39, 0.29) is 11.7 Å². The number of carbonyl (C=O) groups excluding carboxylic acids is 1. The summed E-state index contributed by atoms with van der Waals surface area (Å²) in [5.74, 6) is -0.343. The highest BCUT2D eigenvalue weighted by atomic mass is 16.4. The summed E-state index contributed by atoms with van der Waals surface area (Å²) in [7, 11) is 0. The van der Waals surface area contributed by atoms with Crippen molar-refractivity contribution >= 4 is 17.4 Å². The van der Waals surface area contributed by atoms with Crippen LogP contribution in [-0.4, -0.2) is 17.0 Å². The minimum absolute atomic E-state index is 0.0783. The number of amidine groups is 1. The monoisotopic (exact) mass is 277 g/mol. The topological polar surface area (TPSA) is 87.7 Å². The lowest BCUT2D eigenvalue weighted by Gasteiger charge is -2.25. The SMILES string of the molecule is CCCc1ccccc1NC(=O)C(C)(CC)/C(N)=N/O. The number of para-hydroxylation sites is 1. The van der Waals surface area contributed by atoms with Gasteiger partial charge in [0.25, 0.3) is 0 Å². The highest BCUT2D eigenvalue weighted by Gasteiger charge is 2.36. The van der Waals surface area contributed by atoms with Gasteiger partial charge in [-0.05, 0) is 31.4 Å². The van der Waals surface area contributed by atoms with Gasteiger partial charge in [0.15, 0.2) is 5.84 Å². The van der Waals surface area contributed by atoms with Crippen LogP contribution in [0.3, 0.4) is 0 Å². The third-order valence-corrected chi connectivity index (χ3v) is 3.67. The zero-order valence-corrected chi connectivity index (χ0v) is 12.3. The van der Waals surface area contributed by atoms with Gasteiger partial charge in [-0.25, -0.2) is 0 Å². The Kier molecular flexibility index (Phi) is 5.55. The summed E-state index contributed by atoms with van der Waals surface area (Å²) in [5.41, 5.74) is 6.50. The number of amides is 1. The van der Waals surface area contributed by atoms with E-state index < -0.39 is 5.41 Å². The van der Waals surface area contributed by atoms with Crippen molar-refractivity contribution in [3.63, 3.8) is 0 Å². The summed E-state index contributed by atoms with van der Waals surface area (Å²) < 4.78 is 0. The molecule has 1 aromatic carbocycles. The molecule has 0 heterocycles. The first kappa shape index (κ1) is 16.0. The average Bonchev–Trinajstić information content (AvgIpc) is 2.47. The van der Waals surface area contributed by atoms with Crippen LogP contribution in [0, 0.1) is 5.41 Å². The van der Waals surface area contributed by atoms with E-state index in [0.717, 1.165) is 24.1 Å². The number of benzene rings is 1. The molecular weight excluding hydrogens is 254 g/mol. The predicted octanol–water partition coefficient (Wildman–Crippen LogP) is 2.74. The predicted molar refractivity (Wildman–Crippen MR) is 80.9 cm³/mol. The molecule has 0 aromatic heterocycles. The molecule has 0 saturated carbocycles. The summed E-state index contributed by atoms with van der Waals surface area (Å²) >= 11 is 0. The molecule has 1 unspecified atom stereocenters. The summed E-state index contributed by atoms with van der Waals surface area (Å²) in [5, 5.41) is 14.7. The quantitative estimate of drug-likeness (QED) is 0.323. The Balaban J connectivity index is 3.01. The minimum atomic E-state index is -1.02. The van der Waals surface area contributed by atoms with Crippen molar-refractivity contribution in [3.8, 4) is 0 Å². The lowest BCUT2D eigenvalue weighted by atomic mass is 9.85. The van der Waals surface area contributed by atoms with E-state index in [1.54, 1.807) is 6.92 Å². The fourth-order valence-corrected chi connectivity index (χ4v) is 1.96. The Labute approximate surface area is 119 Å². The molecule has 1 rings (SSSR count). The van der Waals surface area contributed by atoms with Crippen LogP contribution in [0.5, 0.6) is 0 Å². The van der Waals surface area contributed by atoms with Crippen molar-refractivity contribution in [2.75, 3.05) is 5.32 Å². The average molecular weight is 277 g/mol. The molecule has 5 heteroatoms. The second-order valence-electron chi connectivity index (χ2n) is 5.03. The van der Waals surface area contributed by atoms with Crippen LogP contribution in [0.2, 0.25) is 0 Å². The molecule has 0 saturated heterocycles. The van der Waals surface area contributed by atoms with Gasteiger partial charge in [-0.2, -0.15) is 0 Å². The zero-order chi connectivity index (χ0) is 15.2. The van der Waals surface area contributed by atoms with Gasteiger partial charge < -0.3 is 16.3 Å². The number of hydrogen-bond donors (Lipinski definition) is 3. The number of carbonyl (C=O) groups is 1. The Morgan fingerprint density at radius 1 is 1.40 bits per heavy atom. The number of nitrogens with zero attached hydrogens (tertiary/aromatic N) is 1. The largest absolute Gasteiger partial charge is 0.409 e. The van der Waals surface area contributed by atoms with E-state index in [1.165, 1.54) is 0 Å². The zero-order valence-electron chi connectivity index (χ0n) is 12.3. The number of nitrogens with one attached hydrogen (secondary N) is 1. The van der Waals surface area contributed by atoms with Gasteiger partial charge in [-0.15, -0.1) is 0 Å². The number of rotatable bonds is 6. The number of oxime groups is 1. The Hall–Kier alpha value is -2.04. The van der Waals surface area contributed by atoms with Crippen molar-refractivity contribution in [1.82, 2.24) is 0 Å². The summed E-state index contributed by atoms with van der Waals surface area (Å²) in [6.07, 6.45) is 2.34. The molecule has 0 aliphatic carbocycles. The molecule has 0 aliphatic rings. The molecule has 5 nitrogen and oxygen atoms in total. The first-order chi connectivity index (χ1) is 9.49. The lowest BCUT2D eigenvalue weighted by Crippen LogP contribution is -2.44. The van der Waals surface area contributed by atoms with Crippen molar-refractivity contribution in [2.45, 2.75) is 40.0 Å². The van der Waals surface area contributed by atoms with E-state index in [4.69, 9.17) is 10.9 Å². The number of nitrogens with two attached hydrogens (primary N) is 1. The van der Waals surface area contributed by atoms with E-state index in [2.05, 4.69) is 17.4 Å². The van der Waals surface area contributed by atoms with Crippen LogP contribution in [-0.2, 0) is 11.2 Å². The maximum absolute atomic E-state index is 12.4. The second-order valence-corrected chi connectivity index (χ2v) is 5.03. The van der Waals surface area contributed by atoms with Crippen LogP contribution < -0.4 is 11.1 Å². The first-order valence-electron chi connectivity index (χ1n) is 6.87. The van der Waals surface area contributed by atoms with E-state index >= 15 is 0 Å². The van der Waals surface area contributed by atoms with E-state index in [9.17, 15) is 4.79 Å². The maximum atomic E-state index is 12.4. The van der Waals surface area contributed by atoms with Crippen molar-refractivity contribution in [3.05, 3.63) is 29.8 Å². The van der Waals surface area contributed by atoms with Gasteiger partial charge in [0.05, 0.1) is 0 Å². The third kappa shape index (κ3) is 3.29. The Morgan fingerprint density at radius 2 is 2.05 bits per heavy atom. The molecule has 110 valence electrons. The highest BCUT2D eigenvalue weighted by Crippen LogP contribution is 2.25. The van der Waals surface area contributed by atoms with E-state index in [1.807, 2.05) is 31.2 Å². The number of aryl methyl sites for hydroxylation is 1. The molecule has 0 spiro atoms. The molecule has 0 bridgehead atoms. The highest BCUT2D eigenvalue weighted by molar-refractivity contribution is 6.11. The normalized spacial score (nSPS) is 14.7. The third-order valence-electron chi connectivity index (χ3n) is 3.67. The Bertz CT molecular complexity index is 500. The summed E-state index contributed by atoms with van der Waals surface area (Å²) in [6, 6.07) is 7.68. The molecule has 0 aliphatic heterocycles. The fraction of sp³-hybridized carbons (Fsp3) is 0.467. The standard InChI is InChI=1S/C15H23N3O2/c1-4-8-11-9-6-7-10-12(11)17-14(19)15(3,5-2)13(16)18-20/h6-7,9-10,20H,4-5,8H2,1-3H3,(H2,16,18)(H,17,19). The number of hydrogen-bond acceptors (Lipinski definition) is 3. The summed E-state index contributed by atoms with van der Waals surface area (Å²) in [6.45, 7) is 5.58. The van der Waals surface area contributed by atoms with Gasteiger partial charge in [0.2, 0.25) is 5.91 Å². The van der Waals surface area contributed by atoms with E-state index in [0.29, 0.717) is 6.42 Å². The molecule has 4 N–H and O–H groups in total. The van der Waals surface area contributed by atoms with Crippen LogP contribution in [0.4, 0.5) is 5.69 Å². The minimum Gasteiger partial charge on any atom is -0.409 e. The Morgan fingerprint density at radius 3 is 2.60 bits per heavy atom. The van der Waals surface area contributed by atoms with Gasteiger partial charge in [0, 0.05) is 5.69 Å². The second kappa shape index (κ2) is 6.93. The molecule has 0 radical (unpaired) electrons. The maximum Gasteiger partial charge on any atom is 0.238 e. The van der Waals surface area contributed by atoms with Crippen LogP contribution in [0.1, 0.15) is 39.2 Å². The molecule has 0 fully saturated rings. The molecule has 1 atom stereocenters. The smallest absolute Gasteiger partial charge is 0.238 e.